The highest BCUT2D eigenvalue weighted by Crippen LogP contribution is 2.36. The van der Waals surface area contributed by atoms with Gasteiger partial charge in [0.2, 0.25) is 5.91 Å². The van der Waals surface area contributed by atoms with E-state index in [9.17, 15) is 9.18 Å². The van der Waals surface area contributed by atoms with E-state index in [0.29, 0.717) is 36.0 Å². The molecule has 0 saturated carbocycles. The molecule has 2 heterocycles. The minimum Gasteiger partial charge on any atom is -0.339 e. The number of carbonyl (C=O) groups is 1. The summed E-state index contributed by atoms with van der Waals surface area (Å²) in [5, 5.41) is 0.900. The maximum absolute atomic E-state index is 13.7. The topological polar surface area (TPSA) is 41.6 Å². The number of rotatable bonds is 4. The van der Waals surface area contributed by atoms with Gasteiger partial charge in [-0.1, -0.05) is 86.4 Å². The van der Waals surface area contributed by atoms with Gasteiger partial charge in [0.05, 0.1) is 15.7 Å². The zero-order chi connectivity index (χ0) is 27.8. The number of hydrogen-bond acceptors (Lipinski definition) is 3. The molecule has 2 aliphatic heterocycles. The number of hydroxylamine groups is 1. The summed E-state index contributed by atoms with van der Waals surface area (Å²) in [5.74, 6) is -0.375. The summed E-state index contributed by atoms with van der Waals surface area (Å²) in [6.45, 7) is 7.57. The summed E-state index contributed by atoms with van der Waals surface area (Å²) in [5.41, 5.74) is 7.67. The largest absolute Gasteiger partial charge is 0.339 e. The predicted octanol–water partition coefficient (Wildman–Crippen LogP) is 7.80. The van der Waals surface area contributed by atoms with Gasteiger partial charge in [0, 0.05) is 37.6 Å². The Hall–Kier alpha value is -3.12. The van der Waals surface area contributed by atoms with Crippen molar-refractivity contribution in [3.05, 3.63) is 117 Å². The Balaban J connectivity index is 1.37. The maximum atomic E-state index is 13.7. The van der Waals surface area contributed by atoms with Crippen LogP contribution in [0.5, 0.6) is 0 Å². The van der Waals surface area contributed by atoms with E-state index in [1.54, 1.807) is 24.3 Å². The van der Waals surface area contributed by atoms with Gasteiger partial charge in [-0.05, 0) is 58.0 Å². The van der Waals surface area contributed by atoms with E-state index >= 15 is 0 Å². The zero-order valence-corrected chi connectivity index (χ0v) is 23.7. The second kappa shape index (κ2) is 10.8. The summed E-state index contributed by atoms with van der Waals surface area (Å²) in [6.07, 6.45) is 4.95. The van der Waals surface area contributed by atoms with Crippen LogP contribution in [0.1, 0.15) is 55.9 Å². The van der Waals surface area contributed by atoms with Gasteiger partial charge in [-0.25, -0.2) is 4.39 Å². The standard InChI is InChI=1S/C32H31Cl2FN2O2/c1-31(2,3)24-10-7-21(8-11-24)26(22-9-12-27(33)28(34)18-22)19-30(38)37-15-13-32(14-16-37)20-29(36-39-32)23-5-4-6-25(35)17-23/h4-12,17-20,36H,13-16H2,1-3H3. The summed E-state index contributed by atoms with van der Waals surface area (Å²) >= 11 is 12.5. The van der Waals surface area contributed by atoms with E-state index in [2.05, 4.69) is 38.4 Å². The van der Waals surface area contributed by atoms with E-state index < -0.39 is 5.60 Å². The first-order valence-electron chi connectivity index (χ1n) is 13.0. The second-order valence-electron chi connectivity index (χ2n) is 11.2. The number of likely N-dealkylation sites (tertiary alicyclic amines) is 1. The van der Waals surface area contributed by atoms with Crippen LogP contribution in [0, 0.1) is 5.82 Å². The molecule has 0 atom stereocenters. The monoisotopic (exact) mass is 564 g/mol. The van der Waals surface area contributed by atoms with Gasteiger partial charge >= 0.3 is 0 Å². The fourth-order valence-electron chi connectivity index (χ4n) is 4.99. The Kier molecular flexibility index (Phi) is 7.60. The van der Waals surface area contributed by atoms with E-state index in [4.69, 9.17) is 28.0 Å². The first-order chi connectivity index (χ1) is 18.5. The summed E-state index contributed by atoms with van der Waals surface area (Å²) in [6, 6.07) is 20.1. The lowest BCUT2D eigenvalue weighted by Gasteiger charge is -2.36. The molecule has 39 heavy (non-hydrogen) atoms. The first kappa shape index (κ1) is 27.4. The van der Waals surface area contributed by atoms with Crippen molar-refractivity contribution in [2.45, 2.75) is 44.6 Å². The van der Waals surface area contributed by atoms with Crippen molar-refractivity contribution in [2.24, 2.45) is 0 Å². The number of hydrogen-bond donors (Lipinski definition) is 1. The van der Waals surface area contributed by atoms with Crippen molar-refractivity contribution in [2.75, 3.05) is 13.1 Å². The van der Waals surface area contributed by atoms with Crippen molar-refractivity contribution in [1.82, 2.24) is 10.4 Å². The van der Waals surface area contributed by atoms with Crippen LogP contribution in [0.2, 0.25) is 10.0 Å². The number of halogens is 3. The molecule has 0 unspecified atom stereocenters. The second-order valence-corrected chi connectivity index (χ2v) is 12.0. The quantitative estimate of drug-likeness (QED) is 0.328. The molecule has 4 nitrogen and oxygen atoms in total. The van der Waals surface area contributed by atoms with Crippen LogP contribution in [0.4, 0.5) is 4.39 Å². The SMILES string of the molecule is CC(C)(C)c1ccc(C(=CC(=O)N2CCC3(C=C(c4cccc(F)c4)NO3)CC2)c2ccc(Cl)c(Cl)c2)cc1. The lowest BCUT2D eigenvalue weighted by molar-refractivity contribution is -0.131. The molecule has 1 spiro atoms. The van der Waals surface area contributed by atoms with Gasteiger partial charge in [0.1, 0.15) is 11.4 Å². The fourth-order valence-corrected chi connectivity index (χ4v) is 5.29. The number of nitrogens with one attached hydrogen (secondary N) is 1. The summed E-state index contributed by atoms with van der Waals surface area (Å²) < 4.78 is 13.7. The van der Waals surface area contributed by atoms with E-state index in [0.717, 1.165) is 28.0 Å². The Morgan fingerprint density at radius 3 is 2.31 bits per heavy atom. The van der Waals surface area contributed by atoms with E-state index in [1.807, 2.05) is 35.2 Å². The third-order valence-electron chi connectivity index (χ3n) is 7.39. The molecule has 1 fully saturated rings. The highest BCUT2D eigenvalue weighted by atomic mass is 35.5. The van der Waals surface area contributed by atoms with Crippen molar-refractivity contribution in [3.8, 4) is 0 Å². The highest BCUT2D eigenvalue weighted by Gasteiger charge is 2.39. The van der Waals surface area contributed by atoms with Gasteiger partial charge in [-0.3, -0.25) is 15.1 Å². The number of carbonyl (C=O) groups excluding carboxylic acids is 1. The third kappa shape index (κ3) is 6.06. The maximum Gasteiger partial charge on any atom is 0.247 e. The molecule has 5 rings (SSSR count). The smallest absolute Gasteiger partial charge is 0.247 e. The Morgan fingerprint density at radius 1 is 0.974 bits per heavy atom. The van der Waals surface area contributed by atoms with Crippen molar-refractivity contribution >= 4 is 40.4 Å². The van der Waals surface area contributed by atoms with Gasteiger partial charge in [-0.15, -0.1) is 0 Å². The molecular formula is C32H31Cl2FN2O2. The van der Waals surface area contributed by atoms with Crippen LogP contribution >= 0.6 is 23.2 Å². The molecule has 1 saturated heterocycles. The van der Waals surface area contributed by atoms with Gasteiger partial charge in [0.15, 0.2) is 0 Å². The molecule has 3 aromatic carbocycles. The first-order valence-corrected chi connectivity index (χ1v) is 13.8. The van der Waals surface area contributed by atoms with Gasteiger partial charge in [-0.2, -0.15) is 0 Å². The predicted molar refractivity (Wildman–Crippen MR) is 156 cm³/mol. The Bertz CT molecular complexity index is 1450. The van der Waals surface area contributed by atoms with Crippen LogP contribution in [0.25, 0.3) is 11.3 Å². The molecule has 1 amide bonds. The van der Waals surface area contributed by atoms with Crippen LogP contribution in [-0.2, 0) is 15.0 Å². The molecule has 7 heteroatoms. The van der Waals surface area contributed by atoms with E-state index in [-0.39, 0.29) is 17.1 Å². The fraction of sp³-hybridized carbons (Fsp3) is 0.281. The molecule has 0 aromatic heterocycles. The molecular weight excluding hydrogens is 534 g/mol. The summed E-state index contributed by atoms with van der Waals surface area (Å²) in [7, 11) is 0. The molecule has 1 N–H and O–H groups in total. The number of nitrogens with zero attached hydrogens (tertiary/aromatic N) is 1. The van der Waals surface area contributed by atoms with Crippen LogP contribution in [0.3, 0.4) is 0 Å². The number of piperidine rings is 1. The highest BCUT2D eigenvalue weighted by molar-refractivity contribution is 6.42. The normalized spacial score (nSPS) is 17.2. The van der Waals surface area contributed by atoms with Gasteiger partial charge < -0.3 is 4.90 Å². The Labute approximate surface area is 239 Å². The molecule has 0 bridgehead atoms. The number of amides is 1. The van der Waals surface area contributed by atoms with Gasteiger partial charge in [0.25, 0.3) is 0 Å². The van der Waals surface area contributed by atoms with Crippen molar-refractivity contribution < 1.29 is 14.0 Å². The molecule has 202 valence electrons. The molecule has 0 radical (unpaired) electrons. The minimum absolute atomic E-state index is 0.0196. The van der Waals surface area contributed by atoms with E-state index in [1.165, 1.54) is 17.7 Å². The zero-order valence-electron chi connectivity index (χ0n) is 22.2. The lowest BCUT2D eigenvalue weighted by Crippen LogP contribution is -2.46. The molecule has 2 aliphatic rings. The van der Waals surface area contributed by atoms with Crippen LogP contribution in [0.15, 0.2) is 78.9 Å². The number of benzene rings is 3. The van der Waals surface area contributed by atoms with Crippen LogP contribution in [-0.4, -0.2) is 29.5 Å². The molecule has 0 aliphatic carbocycles. The lowest BCUT2D eigenvalue weighted by atomic mass is 9.85. The minimum atomic E-state index is -0.530. The molecule has 3 aromatic rings. The van der Waals surface area contributed by atoms with Crippen molar-refractivity contribution in [1.29, 1.82) is 0 Å². The third-order valence-corrected chi connectivity index (χ3v) is 8.13. The van der Waals surface area contributed by atoms with Crippen LogP contribution < -0.4 is 5.48 Å². The average molecular weight is 566 g/mol. The average Bonchev–Trinajstić information content (AvgIpc) is 3.32. The summed E-state index contributed by atoms with van der Waals surface area (Å²) in [4.78, 5) is 21.3. The Morgan fingerprint density at radius 2 is 1.67 bits per heavy atom. The van der Waals surface area contributed by atoms with Crippen molar-refractivity contribution in [3.63, 3.8) is 0 Å².